The molecule has 0 amide bonds. The van der Waals surface area contributed by atoms with Gasteiger partial charge in [0.05, 0.1) is 12.2 Å². The molecule has 0 fully saturated rings. The molecular weight excluding hydrogens is 254 g/mol. The zero-order valence-corrected chi connectivity index (χ0v) is 11.1. The Morgan fingerprint density at radius 2 is 2.07 bits per heavy atom. The summed E-state index contributed by atoms with van der Waals surface area (Å²) in [6.07, 6.45) is 1.000. The molecule has 84 valence electrons. The fourth-order valence-electron chi connectivity index (χ4n) is 1.06. The standard InChI is InChI=1S/C12H18BrNO/c1-4-12(2,3)15-8-9-5-6-10(14)7-11(9)13/h5-7H,4,8,14H2,1-3H3. The van der Waals surface area contributed by atoms with Crippen molar-refractivity contribution in [2.75, 3.05) is 5.73 Å². The summed E-state index contributed by atoms with van der Waals surface area (Å²) in [5.74, 6) is 0. The predicted octanol–water partition coefficient (Wildman–Crippen LogP) is 3.74. The molecule has 0 heterocycles. The van der Waals surface area contributed by atoms with Crippen LogP contribution in [0.5, 0.6) is 0 Å². The van der Waals surface area contributed by atoms with Crippen LogP contribution in [0.2, 0.25) is 0 Å². The molecule has 0 radical (unpaired) electrons. The highest BCUT2D eigenvalue weighted by atomic mass is 79.9. The Bertz CT molecular complexity index is 336. The van der Waals surface area contributed by atoms with E-state index in [-0.39, 0.29) is 5.60 Å². The third-order valence-corrected chi connectivity index (χ3v) is 3.29. The van der Waals surface area contributed by atoms with Gasteiger partial charge in [0.25, 0.3) is 0 Å². The Balaban J connectivity index is 2.66. The molecule has 0 saturated carbocycles. The Kier molecular flexibility index (Phi) is 4.17. The average molecular weight is 272 g/mol. The number of nitrogens with two attached hydrogens (primary N) is 1. The predicted molar refractivity (Wildman–Crippen MR) is 67.7 cm³/mol. The van der Waals surface area contributed by atoms with Gasteiger partial charge in [-0.3, -0.25) is 0 Å². The quantitative estimate of drug-likeness (QED) is 0.847. The van der Waals surface area contributed by atoms with Gasteiger partial charge in [-0.15, -0.1) is 0 Å². The molecule has 0 atom stereocenters. The molecule has 1 aromatic rings. The largest absolute Gasteiger partial charge is 0.399 e. The topological polar surface area (TPSA) is 35.2 Å². The number of rotatable bonds is 4. The molecule has 0 aliphatic rings. The maximum absolute atomic E-state index is 5.81. The van der Waals surface area contributed by atoms with Crippen molar-refractivity contribution in [3.8, 4) is 0 Å². The Morgan fingerprint density at radius 3 is 2.60 bits per heavy atom. The van der Waals surface area contributed by atoms with Crippen LogP contribution >= 0.6 is 15.9 Å². The van der Waals surface area contributed by atoms with E-state index in [1.807, 2.05) is 18.2 Å². The minimum atomic E-state index is -0.0686. The minimum absolute atomic E-state index is 0.0686. The van der Waals surface area contributed by atoms with Crippen molar-refractivity contribution in [2.24, 2.45) is 0 Å². The highest BCUT2D eigenvalue weighted by Crippen LogP contribution is 2.23. The van der Waals surface area contributed by atoms with E-state index in [1.54, 1.807) is 0 Å². The Hall–Kier alpha value is -0.540. The van der Waals surface area contributed by atoms with Crippen LogP contribution in [-0.4, -0.2) is 5.60 Å². The van der Waals surface area contributed by atoms with Gasteiger partial charge in [-0.25, -0.2) is 0 Å². The SMILES string of the molecule is CCC(C)(C)OCc1ccc(N)cc1Br. The van der Waals surface area contributed by atoms with Gasteiger partial charge in [0.15, 0.2) is 0 Å². The molecule has 1 aromatic carbocycles. The summed E-state index contributed by atoms with van der Waals surface area (Å²) in [7, 11) is 0. The second kappa shape index (κ2) is 4.99. The monoisotopic (exact) mass is 271 g/mol. The third-order valence-electron chi connectivity index (χ3n) is 2.55. The van der Waals surface area contributed by atoms with E-state index < -0.39 is 0 Å². The molecule has 0 unspecified atom stereocenters. The maximum atomic E-state index is 5.81. The van der Waals surface area contributed by atoms with Crippen LogP contribution in [0.15, 0.2) is 22.7 Å². The lowest BCUT2D eigenvalue weighted by Gasteiger charge is -2.23. The molecule has 15 heavy (non-hydrogen) atoms. The molecule has 0 saturated heterocycles. The van der Waals surface area contributed by atoms with Crippen LogP contribution in [0.25, 0.3) is 0 Å². The van der Waals surface area contributed by atoms with E-state index in [4.69, 9.17) is 10.5 Å². The number of ether oxygens (including phenoxy) is 1. The fourth-order valence-corrected chi connectivity index (χ4v) is 1.57. The molecule has 1 rings (SSSR count). The zero-order chi connectivity index (χ0) is 11.5. The Morgan fingerprint density at radius 1 is 1.40 bits per heavy atom. The first-order valence-corrected chi connectivity index (χ1v) is 5.92. The number of halogens is 1. The highest BCUT2D eigenvalue weighted by molar-refractivity contribution is 9.10. The van der Waals surface area contributed by atoms with Crippen LogP contribution in [0.1, 0.15) is 32.8 Å². The molecule has 2 N–H and O–H groups in total. The number of benzene rings is 1. The van der Waals surface area contributed by atoms with Gasteiger partial charge in [-0.1, -0.05) is 28.9 Å². The summed E-state index contributed by atoms with van der Waals surface area (Å²) in [5, 5.41) is 0. The van der Waals surface area contributed by atoms with Gasteiger partial charge in [0.2, 0.25) is 0 Å². The van der Waals surface area contributed by atoms with Crippen molar-refractivity contribution in [2.45, 2.75) is 39.4 Å². The van der Waals surface area contributed by atoms with Crippen LogP contribution < -0.4 is 5.73 Å². The molecule has 0 aliphatic heterocycles. The second-order valence-electron chi connectivity index (χ2n) is 4.25. The summed E-state index contributed by atoms with van der Waals surface area (Å²) < 4.78 is 6.82. The number of hydrogen-bond donors (Lipinski definition) is 1. The third kappa shape index (κ3) is 3.84. The van der Waals surface area contributed by atoms with Crippen molar-refractivity contribution in [3.63, 3.8) is 0 Å². The van der Waals surface area contributed by atoms with Crippen molar-refractivity contribution in [3.05, 3.63) is 28.2 Å². The first-order chi connectivity index (χ1) is 6.94. The van der Waals surface area contributed by atoms with Crippen molar-refractivity contribution in [1.29, 1.82) is 0 Å². The van der Waals surface area contributed by atoms with Gasteiger partial charge in [-0.2, -0.15) is 0 Å². The molecule has 3 heteroatoms. The normalized spacial score (nSPS) is 11.7. The van der Waals surface area contributed by atoms with E-state index in [0.29, 0.717) is 6.61 Å². The zero-order valence-electron chi connectivity index (χ0n) is 9.51. The molecule has 0 spiro atoms. The molecular formula is C12H18BrNO. The van der Waals surface area contributed by atoms with Gasteiger partial charge < -0.3 is 10.5 Å². The van der Waals surface area contributed by atoms with Crippen LogP contribution in [-0.2, 0) is 11.3 Å². The summed E-state index contributed by atoms with van der Waals surface area (Å²) in [6, 6.07) is 5.78. The van der Waals surface area contributed by atoms with Crippen LogP contribution in [0.3, 0.4) is 0 Å². The van der Waals surface area contributed by atoms with Crippen LogP contribution in [0.4, 0.5) is 5.69 Å². The first kappa shape index (κ1) is 12.5. The van der Waals surface area contributed by atoms with Gasteiger partial charge >= 0.3 is 0 Å². The van der Waals surface area contributed by atoms with E-state index in [2.05, 4.69) is 36.7 Å². The van der Waals surface area contributed by atoms with Crippen molar-refractivity contribution in [1.82, 2.24) is 0 Å². The first-order valence-electron chi connectivity index (χ1n) is 5.12. The fraction of sp³-hybridized carbons (Fsp3) is 0.500. The molecule has 0 aromatic heterocycles. The minimum Gasteiger partial charge on any atom is -0.399 e. The average Bonchev–Trinajstić information content (AvgIpc) is 2.16. The Labute approximate surface area is 99.9 Å². The van der Waals surface area contributed by atoms with E-state index >= 15 is 0 Å². The van der Waals surface area contributed by atoms with E-state index in [1.165, 1.54) is 0 Å². The van der Waals surface area contributed by atoms with Gasteiger partial charge in [0, 0.05) is 10.2 Å². The second-order valence-corrected chi connectivity index (χ2v) is 5.11. The van der Waals surface area contributed by atoms with Crippen molar-refractivity contribution < 1.29 is 4.74 Å². The molecule has 0 bridgehead atoms. The summed E-state index contributed by atoms with van der Waals surface area (Å²) in [6.45, 7) is 6.93. The summed E-state index contributed by atoms with van der Waals surface area (Å²) >= 11 is 3.48. The smallest absolute Gasteiger partial charge is 0.0735 e. The van der Waals surface area contributed by atoms with Crippen LogP contribution in [0, 0.1) is 0 Å². The number of nitrogen functional groups attached to an aromatic ring is 1. The summed E-state index contributed by atoms with van der Waals surface area (Å²) in [5.41, 5.74) is 7.49. The number of anilines is 1. The summed E-state index contributed by atoms with van der Waals surface area (Å²) in [4.78, 5) is 0. The molecule has 2 nitrogen and oxygen atoms in total. The van der Waals surface area contributed by atoms with Gasteiger partial charge in [0.1, 0.15) is 0 Å². The highest BCUT2D eigenvalue weighted by Gasteiger charge is 2.15. The van der Waals surface area contributed by atoms with Crippen molar-refractivity contribution >= 4 is 21.6 Å². The lowest BCUT2D eigenvalue weighted by atomic mass is 10.1. The lowest BCUT2D eigenvalue weighted by Crippen LogP contribution is -2.22. The van der Waals surface area contributed by atoms with Gasteiger partial charge in [-0.05, 0) is 38.0 Å². The molecule has 0 aliphatic carbocycles. The number of hydrogen-bond acceptors (Lipinski definition) is 2. The lowest BCUT2D eigenvalue weighted by molar-refractivity contribution is -0.0318. The van der Waals surface area contributed by atoms with E-state index in [9.17, 15) is 0 Å². The van der Waals surface area contributed by atoms with E-state index in [0.717, 1.165) is 22.1 Å². The maximum Gasteiger partial charge on any atom is 0.0735 e.